The molecule has 0 aromatic heterocycles. The van der Waals surface area contributed by atoms with E-state index in [9.17, 15) is 9.59 Å². The minimum absolute atomic E-state index is 0.0656. The van der Waals surface area contributed by atoms with Crippen molar-refractivity contribution >= 4 is 24.4 Å². The molecule has 1 N–H and O–H groups in total. The SMILES string of the molecule is CN(C)CCNC(=O)C(CC1C=NC=N1)N(C)C(=O)C(C)(C)C. The van der Waals surface area contributed by atoms with E-state index < -0.39 is 11.5 Å². The van der Waals surface area contributed by atoms with Gasteiger partial charge >= 0.3 is 0 Å². The molecular weight excluding hydrogens is 294 g/mol. The third-order valence-electron chi connectivity index (χ3n) is 3.64. The first-order chi connectivity index (χ1) is 10.6. The monoisotopic (exact) mass is 323 g/mol. The second-order valence-corrected chi connectivity index (χ2v) is 7.14. The molecule has 130 valence electrons. The van der Waals surface area contributed by atoms with Crippen LogP contribution in [0.4, 0.5) is 0 Å². The molecule has 1 aliphatic heterocycles. The molecule has 1 aliphatic rings. The number of amides is 2. The fraction of sp³-hybridized carbons (Fsp3) is 0.750. The number of aliphatic imine (C=N–C) groups is 2. The van der Waals surface area contributed by atoms with Crippen molar-refractivity contribution in [3.63, 3.8) is 0 Å². The molecule has 0 aromatic rings. The van der Waals surface area contributed by atoms with E-state index in [0.717, 1.165) is 6.54 Å². The van der Waals surface area contributed by atoms with Gasteiger partial charge in [-0.05, 0) is 14.1 Å². The molecule has 1 heterocycles. The fourth-order valence-electron chi connectivity index (χ4n) is 2.28. The van der Waals surface area contributed by atoms with Gasteiger partial charge in [-0.2, -0.15) is 0 Å². The molecule has 7 heteroatoms. The molecule has 0 aromatic carbocycles. The summed E-state index contributed by atoms with van der Waals surface area (Å²) in [7, 11) is 5.57. The number of carbonyl (C=O) groups is 2. The second-order valence-electron chi connectivity index (χ2n) is 7.14. The van der Waals surface area contributed by atoms with Crippen LogP contribution >= 0.6 is 0 Å². The molecule has 1 rings (SSSR count). The lowest BCUT2D eigenvalue weighted by atomic mass is 9.93. The zero-order valence-corrected chi connectivity index (χ0v) is 15.0. The summed E-state index contributed by atoms with van der Waals surface area (Å²) in [4.78, 5) is 36.8. The van der Waals surface area contributed by atoms with E-state index in [2.05, 4.69) is 15.3 Å². The van der Waals surface area contributed by atoms with Gasteiger partial charge in [-0.1, -0.05) is 20.8 Å². The molecule has 2 unspecified atom stereocenters. The topological polar surface area (TPSA) is 77.4 Å². The van der Waals surface area contributed by atoms with Gasteiger partial charge in [-0.15, -0.1) is 0 Å². The number of hydrogen-bond donors (Lipinski definition) is 1. The predicted octanol–water partition coefficient (Wildman–Crippen LogP) is 0.409. The van der Waals surface area contributed by atoms with Crippen LogP contribution in [0.1, 0.15) is 27.2 Å². The molecule has 0 aliphatic carbocycles. The number of nitrogens with one attached hydrogen (secondary N) is 1. The Morgan fingerprint density at radius 3 is 2.39 bits per heavy atom. The fourth-order valence-corrected chi connectivity index (χ4v) is 2.28. The first-order valence-corrected chi connectivity index (χ1v) is 7.87. The van der Waals surface area contributed by atoms with Crippen LogP contribution in [0.25, 0.3) is 0 Å². The van der Waals surface area contributed by atoms with Crippen LogP contribution in [0, 0.1) is 5.41 Å². The summed E-state index contributed by atoms with van der Waals surface area (Å²) >= 11 is 0. The van der Waals surface area contributed by atoms with E-state index in [1.807, 2.05) is 39.8 Å². The van der Waals surface area contributed by atoms with Gasteiger partial charge in [0.15, 0.2) is 0 Å². The number of hydrogen-bond acceptors (Lipinski definition) is 5. The van der Waals surface area contributed by atoms with Gasteiger partial charge < -0.3 is 15.1 Å². The third-order valence-corrected chi connectivity index (χ3v) is 3.64. The molecule has 23 heavy (non-hydrogen) atoms. The highest BCUT2D eigenvalue weighted by Gasteiger charge is 2.34. The Morgan fingerprint density at radius 2 is 1.91 bits per heavy atom. The summed E-state index contributed by atoms with van der Waals surface area (Å²) in [6.45, 7) is 6.84. The Bertz CT molecular complexity index is 467. The first kappa shape index (κ1) is 19.3. The van der Waals surface area contributed by atoms with Gasteiger partial charge in [-0.25, -0.2) is 4.99 Å². The second kappa shape index (κ2) is 8.19. The van der Waals surface area contributed by atoms with Crippen molar-refractivity contribution in [2.45, 2.75) is 39.3 Å². The van der Waals surface area contributed by atoms with Gasteiger partial charge in [-0.3, -0.25) is 14.6 Å². The molecule has 0 bridgehead atoms. The molecule has 0 spiro atoms. The maximum atomic E-state index is 12.6. The quantitative estimate of drug-likeness (QED) is 0.737. The molecular formula is C16H29N5O2. The normalized spacial score (nSPS) is 18.3. The van der Waals surface area contributed by atoms with Crippen LogP contribution in [0.15, 0.2) is 9.98 Å². The van der Waals surface area contributed by atoms with Crippen molar-refractivity contribution < 1.29 is 9.59 Å². The summed E-state index contributed by atoms with van der Waals surface area (Å²) < 4.78 is 0. The number of nitrogens with zero attached hydrogens (tertiary/aromatic N) is 4. The molecule has 0 radical (unpaired) electrons. The summed E-state index contributed by atoms with van der Waals surface area (Å²) in [5.41, 5.74) is -0.538. The van der Waals surface area contributed by atoms with Crippen molar-refractivity contribution in [2.24, 2.45) is 15.4 Å². The minimum Gasteiger partial charge on any atom is -0.353 e. The van der Waals surface area contributed by atoms with E-state index in [1.165, 1.54) is 11.2 Å². The lowest BCUT2D eigenvalue weighted by molar-refractivity contribution is -0.145. The van der Waals surface area contributed by atoms with Gasteiger partial charge in [0.1, 0.15) is 12.4 Å². The Hall–Kier alpha value is -1.76. The summed E-state index contributed by atoms with van der Waals surface area (Å²) in [6.07, 6.45) is 3.62. The van der Waals surface area contributed by atoms with Crippen molar-refractivity contribution in [1.29, 1.82) is 0 Å². The molecule has 0 fully saturated rings. The smallest absolute Gasteiger partial charge is 0.242 e. The lowest BCUT2D eigenvalue weighted by Gasteiger charge is -2.33. The summed E-state index contributed by atoms with van der Waals surface area (Å²) in [6, 6.07) is -0.717. The van der Waals surface area contributed by atoms with E-state index in [4.69, 9.17) is 0 Å². The Balaban J connectivity index is 2.79. The van der Waals surface area contributed by atoms with E-state index in [1.54, 1.807) is 13.3 Å². The average Bonchev–Trinajstić information content (AvgIpc) is 2.94. The van der Waals surface area contributed by atoms with Crippen molar-refractivity contribution in [1.82, 2.24) is 15.1 Å². The van der Waals surface area contributed by atoms with Crippen LogP contribution in [0.2, 0.25) is 0 Å². The van der Waals surface area contributed by atoms with Crippen LogP contribution in [0.5, 0.6) is 0 Å². The molecule has 2 amide bonds. The number of likely N-dealkylation sites (N-methyl/N-ethyl adjacent to an activating group) is 2. The summed E-state index contributed by atoms with van der Waals surface area (Å²) in [5, 5.41) is 2.90. The molecule has 2 atom stereocenters. The van der Waals surface area contributed by atoms with Crippen LogP contribution in [-0.2, 0) is 9.59 Å². The maximum absolute atomic E-state index is 12.6. The zero-order chi connectivity index (χ0) is 17.6. The molecule has 7 nitrogen and oxygen atoms in total. The van der Waals surface area contributed by atoms with Gasteiger partial charge in [0, 0.05) is 38.2 Å². The van der Waals surface area contributed by atoms with Gasteiger partial charge in [0.05, 0.1) is 6.04 Å². The van der Waals surface area contributed by atoms with Gasteiger partial charge in [0.2, 0.25) is 11.8 Å². The first-order valence-electron chi connectivity index (χ1n) is 7.87. The zero-order valence-electron chi connectivity index (χ0n) is 15.0. The average molecular weight is 323 g/mol. The third kappa shape index (κ3) is 6.09. The maximum Gasteiger partial charge on any atom is 0.242 e. The van der Waals surface area contributed by atoms with Crippen molar-refractivity contribution in [3.05, 3.63) is 0 Å². The highest BCUT2D eigenvalue weighted by atomic mass is 16.2. The van der Waals surface area contributed by atoms with Crippen molar-refractivity contribution in [2.75, 3.05) is 34.2 Å². The Labute approximate surface area is 138 Å². The van der Waals surface area contributed by atoms with Crippen LogP contribution in [-0.4, -0.2) is 80.5 Å². The number of rotatable bonds is 7. The van der Waals surface area contributed by atoms with Crippen LogP contribution in [0.3, 0.4) is 0 Å². The number of carbonyl (C=O) groups excluding carboxylic acids is 2. The van der Waals surface area contributed by atoms with E-state index in [-0.39, 0.29) is 17.9 Å². The predicted molar refractivity (Wildman–Crippen MR) is 93.0 cm³/mol. The minimum atomic E-state index is -0.560. The molecule has 0 saturated heterocycles. The highest BCUT2D eigenvalue weighted by molar-refractivity contribution is 5.90. The van der Waals surface area contributed by atoms with Crippen LogP contribution < -0.4 is 5.32 Å². The van der Waals surface area contributed by atoms with Gasteiger partial charge in [0.25, 0.3) is 0 Å². The largest absolute Gasteiger partial charge is 0.353 e. The van der Waals surface area contributed by atoms with E-state index >= 15 is 0 Å². The molecule has 0 saturated carbocycles. The lowest BCUT2D eigenvalue weighted by Crippen LogP contribution is -2.52. The highest BCUT2D eigenvalue weighted by Crippen LogP contribution is 2.20. The Kier molecular flexibility index (Phi) is 6.87. The standard InChI is InChI=1S/C16H29N5O2/c1-16(2,3)15(23)21(6)13(9-12-10-17-11-19-12)14(22)18-7-8-20(4)5/h10-13H,7-9H2,1-6H3,(H,18,22). The van der Waals surface area contributed by atoms with Crippen molar-refractivity contribution in [3.8, 4) is 0 Å². The summed E-state index contributed by atoms with van der Waals surface area (Å²) in [5.74, 6) is -0.216. The Morgan fingerprint density at radius 1 is 1.26 bits per heavy atom. The van der Waals surface area contributed by atoms with E-state index in [0.29, 0.717) is 13.0 Å².